The van der Waals surface area contributed by atoms with Crippen molar-refractivity contribution in [1.29, 1.82) is 0 Å². The van der Waals surface area contributed by atoms with E-state index in [9.17, 15) is 9.90 Å². The second-order valence-corrected chi connectivity index (χ2v) is 7.01. The molecule has 3 aromatic rings. The first-order chi connectivity index (χ1) is 13.6. The van der Waals surface area contributed by atoms with Gasteiger partial charge in [0.1, 0.15) is 28.2 Å². The fourth-order valence-electron chi connectivity index (χ4n) is 3.68. The van der Waals surface area contributed by atoms with Crippen LogP contribution >= 0.6 is 0 Å². The minimum atomic E-state index is -0.0640. The minimum absolute atomic E-state index is 0.0640. The Morgan fingerprint density at radius 3 is 2.54 bits per heavy atom. The monoisotopic (exact) mass is 380 g/mol. The maximum absolute atomic E-state index is 12.5. The Kier molecular flexibility index (Phi) is 5.21. The molecule has 28 heavy (non-hydrogen) atoms. The van der Waals surface area contributed by atoms with Crippen molar-refractivity contribution in [2.75, 3.05) is 44.7 Å². The van der Waals surface area contributed by atoms with Gasteiger partial charge in [0.25, 0.3) is 0 Å². The van der Waals surface area contributed by atoms with Gasteiger partial charge in [-0.05, 0) is 36.4 Å². The maximum atomic E-state index is 12.5. The van der Waals surface area contributed by atoms with Crippen molar-refractivity contribution in [2.24, 2.45) is 0 Å². The molecule has 1 fully saturated rings. The molecule has 0 amide bonds. The van der Waals surface area contributed by atoms with Crippen LogP contribution in [0, 0.1) is 0 Å². The van der Waals surface area contributed by atoms with Gasteiger partial charge in [-0.25, -0.2) is 0 Å². The highest BCUT2D eigenvalue weighted by atomic mass is 16.5. The van der Waals surface area contributed by atoms with Gasteiger partial charge in [0.05, 0.1) is 7.11 Å². The second kappa shape index (κ2) is 7.94. The lowest BCUT2D eigenvalue weighted by Gasteiger charge is -2.36. The third kappa shape index (κ3) is 3.82. The zero-order chi connectivity index (χ0) is 19.5. The molecule has 1 N–H and O–H groups in total. The zero-order valence-corrected chi connectivity index (χ0v) is 15.9. The van der Waals surface area contributed by atoms with E-state index in [1.807, 2.05) is 18.2 Å². The lowest BCUT2D eigenvalue weighted by molar-refractivity contribution is 0.255. The Morgan fingerprint density at radius 2 is 1.82 bits per heavy atom. The van der Waals surface area contributed by atoms with Crippen LogP contribution < -0.4 is 15.1 Å². The standard InChI is InChI=1S/C22H24N2O4/c1-27-20-3-2-4-21-22(20)19(26)15-18(28-21)9-10-23-11-13-24(14-12-23)16-5-7-17(25)8-6-16/h2-8,15,25H,9-14H2,1H3. The number of hydrogen-bond donors (Lipinski definition) is 1. The molecule has 1 aliphatic rings. The van der Waals surface area contributed by atoms with E-state index in [1.165, 1.54) is 0 Å². The van der Waals surface area contributed by atoms with Crippen LogP contribution in [-0.2, 0) is 6.42 Å². The summed E-state index contributed by atoms with van der Waals surface area (Å²) in [6.07, 6.45) is 0.696. The quantitative estimate of drug-likeness (QED) is 0.734. The van der Waals surface area contributed by atoms with Crippen LogP contribution in [0.4, 0.5) is 5.69 Å². The van der Waals surface area contributed by atoms with E-state index >= 15 is 0 Å². The maximum Gasteiger partial charge on any atom is 0.196 e. The molecule has 4 rings (SSSR count). The van der Waals surface area contributed by atoms with Crippen LogP contribution in [0.3, 0.4) is 0 Å². The van der Waals surface area contributed by atoms with E-state index in [0.29, 0.717) is 28.9 Å². The summed E-state index contributed by atoms with van der Waals surface area (Å²) >= 11 is 0. The molecule has 0 unspecified atom stereocenters. The van der Waals surface area contributed by atoms with Crippen LogP contribution in [0.1, 0.15) is 5.76 Å². The molecule has 0 saturated carbocycles. The highest BCUT2D eigenvalue weighted by Crippen LogP contribution is 2.23. The number of phenolic OH excluding ortho intramolecular Hbond substituents is 1. The summed E-state index contributed by atoms with van der Waals surface area (Å²) < 4.78 is 11.2. The van der Waals surface area contributed by atoms with Crippen molar-refractivity contribution in [1.82, 2.24) is 4.90 Å². The first-order valence-electron chi connectivity index (χ1n) is 9.50. The molecule has 1 aromatic heterocycles. The predicted molar refractivity (Wildman–Crippen MR) is 109 cm³/mol. The highest BCUT2D eigenvalue weighted by molar-refractivity contribution is 5.83. The van der Waals surface area contributed by atoms with Gasteiger partial charge >= 0.3 is 0 Å². The van der Waals surface area contributed by atoms with Crippen LogP contribution in [0.15, 0.2) is 57.7 Å². The number of anilines is 1. The average Bonchev–Trinajstić information content (AvgIpc) is 2.73. The molecule has 0 radical (unpaired) electrons. The fraction of sp³-hybridized carbons (Fsp3) is 0.318. The van der Waals surface area contributed by atoms with Gasteiger partial charge in [-0.3, -0.25) is 9.69 Å². The number of rotatable bonds is 5. The van der Waals surface area contributed by atoms with Crippen molar-refractivity contribution < 1.29 is 14.3 Å². The lowest BCUT2D eigenvalue weighted by atomic mass is 10.1. The molecule has 146 valence electrons. The van der Waals surface area contributed by atoms with E-state index in [1.54, 1.807) is 37.4 Å². The van der Waals surface area contributed by atoms with Gasteiger partial charge in [0, 0.05) is 50.9 Å². The van der Waals surface area contributed by atoms with Crippen LogP contribution in [0.25, 0.3) is 11.0 Å². The molecule has 0 bridgehead atoms. The third-order valence-corrected chi connectivity index (χ3v) is 5.25. The number of ether oxygens (including phenoxy) is 1. The summed E-state index contributed by atoms with van der Waals surface area (Å²) in [5.74, 6) is 1.53. The molecule has 0 spiro atoms. The summed E-state index contributed by atoms with van der Waals surface area (Å²) in [5, 5.41) is 9.92. The fourth-order valence-corrected chi connectivity index (χ4v) is 3.68. The summed E-state index contributed by atoms with van der Waals surface area (Å²) in [5.41, 5.74) is 1.64. The summed E-state index contributed by atoms with van der Waals surface area (Å²) in [7, 11) is 1.56. The lowest BCUT2D eigenvalue weighted by Crippen LogP contribution is -2.47. The van der Waals surface area contributed by atoms with Crippen molar-refractivity contribution in [3.05, 3.63) is 64.5 Å². The molecular weight excluding hydrogens is 356 g/mol. The average molecular weight is 380 g/mol. The van der Waals surface area contributed by atoms with Crippen LogP contribution in [0.5, 0.6) is 11.5 Å². The molecular formula is C22H24N2O4. The van der Waals surface area contributed by atoms with E-state index in [-0.39, 0.29) is 11.2 Å². The summed E-state index contributed by atoms with van der Waals surface area (Å²) in [6, 6.07) is 14.3. The Bertz CT molecular complexity index is 1010. The van der Waals surface area contributed by atoms with Crippen molar-refractivity contribution in [3.8, 4) is 11.5 Å². The summed E-state index contributed by atoms with van der Waals surface area (Å²) in [6.45, 7) is 4.62. The van der Waals surface area contributed by atoms with Gasteiger partial charge < -0.3 is 19.2 Å². The van der Waals surface area contributed by atoms with Gasteiger partial charge in [-0.1, -0.05) is 6.07 Å². The van der Waals surface area contributed by atoms with E-state index < -0.39 is 0 Å². The molecule has 1 aliphatic heterocycles. The number of phenols is 1. The number of benzene rings is 2. The van der Waals surface area contributed by atoms with Gasteiger partial charge in [-0.2, -0.15) is 0 Å². The molecule has 1 saturated heterocycles. The Balaban J connectivity index is 1.38. The number of nitrogens with zero attached hydrogens (tertiary/aromatic N) is 2. The van der Waals surface area contributed by atoms with Gasteiger partial charge in [0.15, 0.2) is 5.43 Å². The van der Waals surface area contributed by atoms with Crippen molar-refractivity contribution in [3.63, 3.8) is 0 Å². The third-order valence-electron chi connectivity index (χ3n) is 5.25. The first kappa shape index (κ1) is 18.4. The Hall–Kier alpha value is -2.99. The molecule has 2 aromatic carbocycles. The van der Waals surface area contributed by atoms with Crippen molar-refractivity contribution in [2.45, 2.75) is 6.42 Å². The number of aromatic hydroxyl groups is 1. The summed E-state index contributed by atoms with van der Waals surface area (Å²) in [4.78, 5) is 17.2. The second-order valence-electron chi connectivity index (χ2n) is 7.01. The Labute approximate surface area is 163 Å². The molecule has 0 atom stereocenters. The smallest absolute Gasteiger partial charge is 0.196 e. The molecule has 0 aliphatic carbocycles. The highest BCUT2D eigenvalue weighted by Gasteiger charge is 2.18. The van der Waals surface area contributed by atoms with Crippen LogP contribution in [0.2, 0.25) is 0 Å². The number of fused-ring (bicyclic) bond motifs is 1. The SMILES string of the molecule is COc1cccc2oc(CCN3CCN(c4ccc(O)cc4)CC3)cc(=O)c12. The largest absolute Gasteiger partial charge is 0.508 e. The van der Waals surface area contributed by atoms with Crippen molar-refractivity contribution >= 4 is 16.7 Å². The van der Waals surface area contributed by atoms with Crippen LogP contribution in [-0.4, -0.2) is 49.8 Å². The van der Waals surface area contributed by atoms with E-state index in [2.05, 4.69) is 9.80 Å². The topological polar surface area (TPSA) is 66.2 Å². The van der Waals surface area contributed by atoms with Gasteiger partial charge in [0.2, 0.25) is 0 Å². The zero-order valence-electron chi connectivity index (χ0n) is 15.9. The minimum Gasteiger partial charge on any atom is -0.508 e. The number of hydrogen-bond acceptors (Lipinski definition) is 6. The number of methoxy groups -OCH3 is 1. The number of piperazine rings is 1. The normalized spacial score (nSPS) is 15.1. The first-order valence-corrected chi connectivity index (χ1v) is 9.50. The van der Waals surface area contributed by atoms with E-state index in [0.717, 1.165) is 38.4 Å². The predicted octanol–water partition coefficient (Wildman–Crippen LogP) is 2.87. The Morgan fingerprint density at radius 1 is 1.07 bits per heavy atom. The molecule has 6 nitrogen and oxygen atoms in total. The molecule has 2 heterocycles. The molecule has 6 heteroatoms. The van der Waals surface area contributed by atoms with Gasteiger partial charge in [-0.15, -0.1) is 0 Å². The van der Waals surface area contributed by atoms with E-state index in [4.69, 9.17) is 9.15 Å².